The lowest BCUT2D eigenvalue weighted by molar-refractivity contribution is -0.131. The van der Waals surface area contributed by atoms with Crippen LogP contribution in [-0.2, 0) is 48.9 Å². The van der Waals surface area contributed by atoms with Crippen molar-refractivity contribution in [1.82, 2.24) is 28.7 Å². The fourth-order valence-electron chi connectivity index (χ4n) is 11.4. The van der Waals surface area contributed by atoms with E-state index in [1.807, 2.05) is 46.8 Å². The summed E-state index contributed by atoms with van der Waals surface area (Å²) >= 11 is 0. The molecule has 2 aromatic heterocycles. The minimum Gasteiger partial charge on any atom is -0.508 e. The number of hydrogen-bond donors (Lipinski definition) is 1. The highest BCUT2D eigenvalue weighted by atomic mass is 19.3. The molecule has 0 unspecified atom stereocenters. The first-order valence-electron chi connectivity index (χ1n) is 26.2. The number of anilines is 2. The molecule has 4 aliphatic rings. The van der Waals surface area contributed by atoms with Crippen LogP contribution in [0.15, 0.2) is 91.0 Å². The van der Waals surface area contributed by atoms with Gasteiger partial charge in [0.2, 0.25) is 5.91 Å². The molecule has 2 fully saturated rings. The zero-order valence-electron chi connectivity index (χ0n) is 43.2. The Morgan fingerprint density at radius 1 is 0.829 bits per heavy atom. The van der Waals surface area contributed by atoms with Crippen LogP contribution in [0.25, 0.3) is 11.3 Å². The highest BCUT2D eigenvalue weighted by Gasteiger charge is 2.36. The average Bonchev–Trinajstić information content (AvgIpc) is 3.94. The molecule has 10 rings (SSSR count). The molecule has 0 saturated carbocycles. The summed E-state index contributed by atoms with van der Waals surface area (Å²) in [5.74, 6) is -1.23. The summed E-state index contributed by atoms with van der Waals surface area (Å²) in [6, 6.07) is 27.2. The molecule has 0 aliphatic carbocycles. The number of benzene rings is 4. The van der Waals surface area contributed by atoms with E-state index in [0.29, 0.717) is 91.7 Å². The number of morpholine rings is 1. The van der Waals surface area contributed by atoms with E-state index < -0.39 is 18.3 Å². The predicted octanol–water partition coefficient (Wildman–Crippen LogP) is 9.09. The second kappa shape index (κ2) is 22.4. The van der Waals surface area contributed by atoms with Gasteiger partial charge in [-0.05, 0) is 135 Å². The summed E-state index contributed by atoms with van der Waals surface area (Å²) < 4.78 is 58.3. The van der Waals surface area contributed by atoms with Gasteiger partial charge in [0, 0.05) is 98.9 Å². The van der Waals surface area contributed by atoms with Gasteiger partial charge in [-0.25, -0.2) is 4.39 Å². The maximum Gasteiger partial charge on any atom is 0.319 e. The molecule has 4 aromatic carbocycles. The van der Waals surface area contributed by atoms with E-state index in [9.17, 15) is 23.9 Å². The number of hydrogen-bond acceptors (Lipinski definition) is 9. The zero-order chi connectivity index (χ0) is 53.2. The normalized spacial score (nSPS) is 17.1. The Labute approximate surface area is 441 Å². The first-order chi connectivity index (χ1) is 36.8. The molecular weight excluding hydrogens is 974 g/mol. The minimum absolute atomic E-state index is 0.0117. The van der Waals surface area contributed by atoms with Crippen molar-refractivity contribution in [3.63, 3.8) is 0 Å². The van der Waals surface area contributed by atoms with E-state index in [1.165, 1.54) is 60.2 Å². The third-order valence-corrected chi connectivity index (χ3v) is 15.8. The summed E-state index contributed by atoms with van der Waals surface area (Å²) in [4.78, 5) is 54.7. The lowest BCUT2D eigenvalue weighted by atomic mass is 9.89. The lowest BCUT2D eigenvalue weighted by Gasteiger charge is -2.41. The Bertz CT molecular complexity index is 3190. The molecule has 6 heterocycles. The lowest BCUT2D eigenvalue weighted by Crippen LogP contribution is -2.51. The number of ether oxygens (including phenoxy) is 2. The van der Waals surface area contributed by atoms with Gasteiger partial charge in [0.05, 0.1) is 30.9 Å². The number of aromatic nitrogens is 2. The van der Waals surface area contributed by atoms with Crippen molar-refractivity contribution in [1.29, 1.82) is 5.26 Å². The number of amides is 3. The molecule has 17 heteroatoms. The Morgan fingerprint density at radius 3 is 2.29 bits per heavy atom. The monoisotopic (exact) mass is 1040 g/mol. The molecule has 6 aromatic rings. The van der Waals surface area contributed by atoms with E-state index >= 15 is 14.0 Å². The topological polar surface area (TPSA) is 140 Å². The molecule has 14 nitrogen and oxygen atoms in total. The number of nitrogens with zero attached hydrogens (tertiary/aromatic N) is 8. The largest absolute Gasteiger partial charge is 0.508 e. The summed E-state index contributed by atoms with van der Waals surface area (Å²) in [7, 11) is 1.81. The number of carbonyl (C=O) groups excluding carboxylic acids is 3. The fraction of sp³-hybridized carbons (Fsp3) is 0.390. The van der Waals surface area contributed by atoms with Gasteiger partial charge in [0.15, 0.2) is 0 Å². The van der Waals surface area contributed by atoms with Gasteiger partial charge >= 0.3 is 6.55 Å². The number of aromatic hydroxyl groups is 1. The van der Waals surface area contributed by atoms with Gasteiger partial charge in [-0.15, -0.1) is 0 Å². The van der Waals surface area contributed by atoms with Crippen molar-refractivity contribution < 1.29 is 42.1 Å². The van der Waals surface area contributed by atoms with Crippen LogP contribution >= 0.6 is 0 Å². The number of piperidine rings is 1. The molecule has 0 radical (unpaired) electrons. The van der Waals surface area contributed by atoms with Crippen LogP contribution in [0.4, 0.5) is 24.5 Å². The van der Waals surface area contributed by atoms with E-state index in [4.69, 9.17) is 9.47 Å². The number of phenolic OH excluding ortho intramolecular Hbond substituents is 1. The van der Waals surface area contributed by atoms with Crippen molar-refractivity contribution in [2.24, 2.45) is 7.05 Å². The first kappa shape index (κ1) is 52.1. The molecule has 0 bridgehead atoms. The maximum absolute atomic E-state index is 15.8. The molecule has 3 amide bonds. The predicted molar refractivity (Wildman–Crippen MR) is 281 cm³/mol. The van der Waals surface area contributed by atoms with E-state index in [2.05, 4.69) is 21.9 Å². The highest BCUT2D eigenvalue weighted by molar-refractivity contribution is 6.13. The van der Waals surface area contributed by atoms with Crippen LogP contribution < -0.4 is 9.64 Å². The molecule has 76 heavy (non-hydrogen) atoms. The quantitative estimate of drug-likeness (QED) is 0.113. The summed E-state index contributed by atoms with van der Waals surface area (Å²) in [6.07, 6.45) is 4.33. The molecule has 4 aliphatic heterocycles. The highest BCUT2D eigenvalue weighted by Crippen LogP contribution is 2.40. The van der Waals surface area contributed by atoms with E-state index in [-0.39, 0.29) is 70.5 Å². The number of halogens is 3. The summed E-state index contributed by atoms with van der Waals surface area (Å²) in [5, 5.41) is 20.1. The number of alkyl halides is 2. The van der Waals surface area contributed by atoms with Gasteiger partial charge < -0.3 is 33.8 Å². The molecule has 2 saturated heterocycles. The fourth-order valence-corrected chi connectivity index (χ4v) is 11.4. The van der Waals surface area contributed by atoms with Crippen LogP contribution in [0.1, 0.15) is 91.4 Å². The third-order valence-electron chi connectivity index (χ3n) is 15.8. The average molecular weight is 1040 g/mol. The second-order valence-electron chi connectivity index (χ2n) is 20.4. The van der Waals surface area contributed by atoms with E-state index in [0.717, 1.165) is 55.7 Å². The Hall–Kier alpha value is -7.39. The van der Waals surface area contributed by atoms with Crippen molar-refractivity contribution in [2.45, 2.75) is 78.1 Å². The van der Waals surface area contributed by atoms with Gasteiger partial charge in [-0.1, -0.05) is 36.8 Å². The van der Waals surface area contributed by atoms with Gasteiger partial charge in [0.25, 0.3) is 11.8 Å². The summed E-state index contributed by atoms with van der Waals surface area (Å²) in [5.41, 5.74) is 6.50. The second-order valence-corrected chi connectivity index (χ2v) is 20.4. The number of phenols is 1. The molecule has 0 spiro atoms. The standard InChI is InChI=1S/C59H63F3N8O6/c1-38-50(58(74)70(45-12-14-48(71)15-13-45)54-31-46(34-63)69(39(54)2)59(61)62)33-55(64(38)3)51-28-41-17-20-67(56(72)30-42-11-16-49(32-53(42)60)76-26-23-65-21-24-75-25-22-65)35-44(41)29-52(51)57(73)68-36-43-10-6-5-9-40(43)27-47(68)37-66-18-7-4-8-19-66/h5-6,9-16,28-29,31-33,47,59,71H,4,7-8,17-27,30,35-37H2,1-3H3/t47-/m0/s1. The SMILES string of the molecule is Cc1c(C(=O)N(c2ccc(O)cc2)c2cc(C#N)n(C(F)F)c2C)cc(-c2cc3c(cc2C(=O)N2Cc4ccccc4C[C@H]2CN2CCCCC2)CN(C(=O)Cc2ccc(OCCN4CCOCC4)cc2F)CC3)n1C. The summed E-state index contributed by atoms with van der Waals surface area (Å²) in [6.45, 7) is 7.78. The van der Waals surface area contributed by atoms with Crippen LogP contribution in [0, 0.1) is 31.0 Å². The number of fused-ring (bicyclic) bond motifs is 2. The minimum atomic E-state index is -3.06. The zero-order valence-corrected chi connectivity index (χ0v) is 43.2. The first-order valence-corrected chi connectivity index (χ1v) is 26.2. The van der Waals surface area contributed by atoms with Gasteiger partial charge in [0.1, 0.15) is 35.7 Å². The smallest absolute Gasteiger partial charge is 0.319 e. The van der Waals surface area contributed by atoms with Crippen molar-refractivity contribution in [2.75, 3.05) is 70.5 Å². The maximum atomic E-state index is 15.8. The van der Waals surface area contributed by atoms with Crippen LogP contribution in [0.3, 0.4) is 0 Å². The number of carbonyl (C=O) groups is 3. The van der Waals surface area contributed by atoms with E-state index in [1.54, 1.807) is 30.0 Å². The van der Waals surface area contributed by atoms with Gasteiger partial charge in [-0.3, -0.25) is 28.8 Å². The molecule has 1 atom stereocenters. The van der Waals surface area contributed by atoms with Crippen LogP contribution in [0.5, 0.6) is 11.5 Å². The number of likely N-dealkylation sites (tertiary alicyclic amines) is 1. The third kappa shape index (κ3) is 10.7. The Kier molecular flexibility index (Phi) is 15.4. The molecule has 396 valence electrons. The van der Waals surface area contributed by atoms with Crippen molar-refractivity contribution in [3.05, 3.63) is 153 Å². The number of nitriles is 1. The Morgan fingerprint density at radius 2 is 1.58 bits per heavy atom. The molecular formula is C59H63F3N8O6. The Balaban J connectivity index is 1.00. The van der Waals surface area contributed by atoms with Crippen LogP contribution in [-0.4, -0.2) is 123 Å². The van der Waals surface area contributed by atoms with Crippen LogP contribution in [0.2, 0.25) is 0 Å². The van der Waals surface area contributed by atoms with Gasteiger partial charge in [-0.2, -0.15) is 14.0 Å². The van der Waals surface area contributed by atoms with Crippen molar-refractivity contribution in [3.8, 4) is 28.8 Å². The van der Waals surface area contributed by atoms with Crippen molar-refractivity contribution >= 4 is 29.1 Å². The number of rotatable bonds is 14. The molecule has 1 N–H and O–H groups in total.